The molecule has 0 saturated carbocycles. The number of benzene rings is 3. The zero-order chi connectivity index (χ0) is 18.9. The maximum Gasteiger partial charge on any atom is 0.135 e. The highest BCUT2D eigenvalue weighted by atomic mass is 16.3. The minimum atomic E-state index is 0.0630. The lowest BCUT2D eigenvalue weighted by molar-refractivity contribution is 0.648. The summed E-state index contributed by atoms with van der Waals surface area (Å²) < 4.78 is 6.01. The van der Waals surface area contributed by atoms with Crippen LogP contribution in [0, 0.1) is 0 Å². The maximum absolute atomic E-state index is 6.01. The van der Waals surface area contributed by atoms with Crippen LogP contribution in [-0.4, -0.2) is 0 Å². The molecule has 0 radical (unpaired) electrons. The summed E-state index contributed by atoms with van der Waals surface area (Å²) in [6.07, 6.45) is 6.01. The van der Waals surface area contributed by atoms with Crippen molar-refractivity contribution < 1.29 is 4.42 Å². The molecule has 0 fully saturated rings. The van der Waals surface area contributed by atoms with Crippen molar-refractivity contribution in [3.05, 3.63) is 101 Å². The molecule has 1 nitrogen and oxygen atoms in total. The van der Waals surface area contributed by atoms with Gasteiger partial charge >= 0.3 is 0 Å². The van der Waals surface area contributed by atoms with Crippen molar-refractivity contribution in [3.63, 3.8) is 0 Å². The first kappa shape index (κ1) is 15.9. The average molecular weight is 362 g/mol. The van der Waals surface area contributed by atoms with E-state index in [0.717, 1.165) is 17.6 Å². The van der Waals surface area contributed by atoms with E-state index in [4.69, 9.17) is 4.42 Å². The zero-order valence-electron chi connectivity index (χ0n) is 16.2. The Morgan fingerprint density at radius 2 is 1.64 bits per heavy atom. The third kappa shape index (κ3) is 2.08. The Labute approximate surface area is 165 Å². The molecule has 1 heterocycles. The molecule has 136 valence electrons. The average Bonchev–Trinajstić information content (AvgIpc) is 3.21. The minimum Gasteiger partial charge on any atom is -0.456 e. The summed E-state index contributed by atoms with van der Waals surface area (Å²) in [5.41, 5.74) is 9.14. The number of hydrogen-bond donors (Lipinski definition) is 0. The van der Waals surface area contributed by atoms with Gasteiger partial charge in [-0.05, 0) is 52.5 Å². The Hall–Kier alpha value is -3.06. The lowest BCUT2D eigenvalue weighted by atomic mass is 9.77. The summed E-state index contributed by atoms with van der Waals surface area (Å²) in [5.74, 6) is 0.408. The largest absolute Gasteiger partial charge is 0.456 e. The van der Waals surface area contributed by atoms with Crippen molar-refractivity contribution in [1.29, 1.82) is 0 Å². The molecule has 0 N–H and O–H groups in total. The molecule has 2 aliphatic carbocycles. The molecule has 2 aliphatic rings. The standard InChI is InChI=1S/C27H22O/c1-27(2)23-9-5-3-7-19(23)20-13-11-18(16-24(20)27)17-12-14-26-22(15-17)21-8-4-6-10-25(21)28-26/h3-10,12-16,18H,11H2,1-2H3. The zero-order valence-corrected chi connectivity index (χ0v) is 16.2. The molecule has 1 aromatic heterocycles. The van der Waals surface area contributed by atoms with E-state index in [2.05, 4.69) is 80.6 Å². The molecule has 3 aromatic carbocycles. The molecule has 28 heavy (non-hydrogen) atoms. The van der Waals surface area contributed by atoms with Crippen LogP contribution in [-0.2, 0) is 5.41 Å². The Kier molecular flexibility index (Phi) is 3.12. The molecular weight excluding hydrogens is 340 g/mol. The van der Waals surface area contributed by atoms with Crippen molar-refractivity contribution in [2.24, 2.45) is 0 Å². The number of rotatable bonds is 1. The Bertz CT molecular complexity index is 1310. The van der Waals surface area contributed by atoms with Crippen LogP contribution < -0.4 is 0 Å². The molecule has 4 aromatic rings. The Morgan fingerprint density at radius 1 is 0.857 bits per heavy atom. The lowest BCUT2D eigenvalue weighted by Crippen LogP contribution is -2.17. The van der Waals surface area contributed by atoms with Gasteiger partial charge in [0.15, 0.2) is 0 Å². The normalized spacial score (nSPS) is 20.0. The van der Waals surface area contributed by atoms with Crippen LogP contribution in [0.25, 0.3) is 27.5 Å². The molecule has 1 unspecified atom stereocenters. The van der Waals surface area contributed by atoms with Crippen LogP contribution in [0.2, 0.25) is 0 Å². The molecule has 1 atom stereocenters. The minimum absolute atomic E-state index is 0.0630. The quantitative estimate of drug-likeness (QED) is 0.344. The molecule has 0 aliphatic heterocycles. The Balaban J connectivity index is 1.48. The summed E-state index contributed by atoms with van der Waals surface area (Å²) in [5, 5.41) is 2.42. The van der Waals surface area contributed by atoms with Gasteiger partial charge in [0.2, 0.25) is 0 Å². The second-order valence-corrected chi connectivity index (χ2v) is 8.56. The fourth-order valence-electron chi connectivity index (χ4n) is 5.13. The number of fused-ring (bicyclic) bond motifs is 6. The summed E-state index contributed by atoms with van der Waals surface area (Å²) in [6.45, 7) is 4.71. The van der Waals surface area contributed by atoms with Gasteiger partial charge in [0.25, 0.3) is 0 Å². The van der Waals surface area contributed by atoms with Crippen molar-refractivity contribution in [2.45, 2.75) is 31.6 Å². The van der Waals surface area contributed by atoms with E-state index in [1.807, 2.05) is 12.1 Å². The van der Waals surface area contributed by atoms with Crippen molar-refractivity contribution >= 4 is 27.5 Å². The van der Waals surface area contributed by atoms with Crippen LogP contribution in [0.5, 0.6) is 0 Å². The van der Waals surface area contributed by atoms with Crippen LogP contribution in [0.15, 0.2) is 88.9 Å². The van der Waals surface area contributed by atoms with Gasteiger partial charge in [-0.3, -0.25) is 0 Å². The molecule has 1 heteroatoms. The lowest BCUT2D eigenvalue weighted by Gasteiger charge is -2.26. The highest BCUT2D eigenvalue weighted by Gasteiger charge is 2.39. The van der Waals surface area contributed by atoms with Gasteiger partial charge in [0.1, 0.15) is 11.2 Å². The third-order valence-corrected chi connectivity index (χ3v) is 6.63. The second kappa shape index (κ2) is 5.48. The SMILES string of the molecule is CC1(C)C2=CC(c3ccc4oc5ccccc5c4c3)CC=C2c2ccccc21. The molecule has 0 bridgehead atoms. The van der Waals surface area contributed by atoms with E-state index in [9.17, 15) is 0 Å². The van der Waals surface area contributed by atoms with Gasteiger partial charge in [0.05, 0.1) is 0 Å². The smallest absolute Gasteiger partial charge is 0.135 e. The molecule has 6 rings (SSSR count). The van der Waals surface area contributed by atoms with E-state index < -0.39 is 0 Å². The van der Waals surface area contributed by atoms with Gasteiger partial charge in [-0.1, -0.05) is 74.5 Å². The third-order valence-electron chi connectivity index (χ3n) is 6.63. The predicted molar refractivity (Wildman–Crippen MR) is 117 cm³/mol. The van der Waals surface area contributed by atoms with Gasteiger partial charge in [-0.15, -0.1) is 0 Å². The fourth-order valence-corrected chi connectivity index (χ4v) is 5.13. The van der Waals surface area contributed by atoms with E-state index >= 15 is 0 Å². The number of para-hydroxylation sites is 1. The highest BCUT2D eigenvalue weighted by molar-refractivity contribution is 6.05. The first-order chi connectivity index (χ1) is 13.6. The fraction of sp³-hybridized carbons (Fsp3) is 0.185. The predicted octanol–water partition coefficient (Wildman–Crippen LogP) is 7.37. The topological polar surface area (TPSA) is 13.1 Å². The van der Waals surface area contributed by atoms with Crippen LogP contribution in [0.3, 0.4) is 0 Å². The van der Waals surface area contributed by atoms with Gasteiger partial charge < -0.3 is 4.42 Å². The van der Waals surface area contributed by atoms with Gasteiger partial charge in [0, 0.05) is 22.1 Å². The van der Waals surface area contributed by atoms with Crippen LogP contribution in [0.4, 0.5) is 0 Å². The van der Waals surface area contributed by atoms with Gasteiger partial charge in [-0.25, -0.2) is 0 Å². The van der Waals surface area contributed by atoms with Crippen LogP contribution >= 0.6 is 0 Å². The monoisotopic (exact) mass is 362 g/mol. The first-order valence-corrected chi connectivity index (χ1v) is 10.1. The maximum atomic E-state index is 6.01. The van der Waals surface area contributed by atoms with Crippen molar-refractivity contribution in [2.75, 3.05) is 0 Å². The van der Waals surface area contributed by atoms with E-state index in [1.165, 1.54) is 38.6 Å². The molecule has 0 spiro atoms. The number of hydrogen-bond acceptors (Lipinski definition) is 1. The molecular formula is C27H22O. The van der Waals surface area contributed by atoms with Crippen molar-refractivity contribution in [3.8, 4) is 0 Å². The molecule has 0 saturated heterocycles. The number of furan rings is 1. The van der Waals surface area contributed by atoms with E-state index in [-0.39, 0.29) is 5.41 Å². The summed E-state index contributed by atoms with van der Waals surface area (Å²) in [6, 6.07) is 23.9. The van der Waals surface area contributed by atoms with Crippen LogP contribution in [0.1, 0.15) is 42.9 Å². The summed E-state index contributed by atoms with van der Waals surface area (Å²) >= 11 is 0. The first-order valence-electron chi connectivity index (χ1n) is 10.1. The van der Waals surface area contributed by atoms with E-state index in [0.29, 0.717) is 5.92 Å². The molecule has 0 amide bonds. The summed E-state index contributed by atoms with van der Waals surface area (Å²) in [7, 11) is 0. The number of allylic oxidation sites excluding steroid dienone is 4. The summed E-state index contributed by atoms with van der Waals surface area (Å²) in [4.78, 5) is 0. The second-order valence-electron chi connectivity index (χ2n) is 8.56. The van der Waals surface area contributed by atoms with E-state index in [1.54, 1.807) is 0 Å². The Morgan fingerprint density at radius 3 is 2.57 bits per heavy atom. The highest BCUT2D eigenvalue weighted by Crippen LogP contribution is 2.52. The van der Waals surface area contributed by atoms with Gasteiger partial charge in [-0.2, -0.15) is 0 Å². The van der Waals surface area contributed by atoms with Crippen molar-refractivity contribution in [1.82, 2.24) is 0 Å².